The number of hydrogen-bond donors (Lipinski definition) is 1. The van der Waals surface area contributed by atoms with Gasteiger partial charge in [0, 0.05) is 0 Å². The van der Waals surface area contributed by atoms with Crippen LogP contribution in [0.1, 0.15) is 18.1 Å². The van der Waals surface area contributed by atoms with Crippen LogP contribution in [-0.4, -0.2) is 25.7 Å². The van der Waals surface area contributed by atoms with Crippen molar-refractivity contribution in [3.05, 3.63) is 59.7 Å². The minimum Gasteiger partial charge on any atom is -0.497 e. The van der Waals surface area contributed by atoms with Crippen LogP contribution in [0.25, 0.3) is 0 Å². The minimum atomic E-state index is -0.0537. The second-order valence-electron chi connectivity index (χ2n) is 5.62. The van der Waals surface area contributed by atoms with Crippen molar-refractivity contribution in [1.82, 2.24) is 5.32 Å². The first-order chi connectivity index (χ1) is 11.1. The second-order valence-corrected chi connectivity index (χ2v) is 5.62. The Hall–Kier alpha value is -2.49. The standard InChI is InChI=1S/C19H23NO3/c1-14-4-8-18(9-5-14)23-13-15(2)20-19(21)12-16-6-10-17(22-3)11-7-16/h4-11,15H,12-13H2,1-3H3,(H,20,21)/t15-/m1/s1. The zero-order valence-electron chi connectivity index (χ0n) is 13.8. The quantitative estimate of drug-likeness (QED) is 0.854. The van der Waals surface area contributed by atoms with Gasteiger partial charge in [-0.1, -0.05) is 29.8 Å². The average molecular weight is 313 g/mol. The molecule has 2 rings (SSSR count). The summed E-state index contributed by atoms with van der Waals surface area (Å²) in [5, 5.41) is 2.94. The predicted octanol–water partition coefficient (Wildman–Crippen LogP) is 3.13. The number of benzene rings is 2. The Morgan fingerprint density at radius 1 is 1.04 bits per heavy atom. The highest BCUT2D eigenvalue weighted by Crippen LogP contribution is 2.12. The van der Waals surface area contributed by atoms with E-state index in [9.17, 15) is 4.79 Å². The van der Waals surface area contributed by atoms with Gasteiger partial charge >= 0.3 is 0 Å². The van der Waals surface area contributed by atoms with Gasteiger partial charge in [-0.05, 0) is 43.7 Å². The fraction of sp³-hybridized carbons (Fsp3) is 0.316. The number of methoxy groups -OCH3 is 1. The van der Waals surface area contributed by atoms with Gasteiger partial charge in [0.2, 0.25) is 5.91 Å². The lowest BCUT2D eigenvalue weighted by Crippen LogP contribution is -2.37. The number of rotatable bonds is 7. The van der Waals surface area contributed by atoms with Gasteiger partial charge in [-0.15, -0.1) is 0 Å². The molecule has 2 aromatic rings. The van der Waals surface area contributed by atoms with Crippen LogP contribution in [0, 0.1) is 6.92 Å². The van der Waals surface area contributed by atoms with Gasteiger partial charge in [0.25, 0.3) is 0 Å². The molecule has 4 heteroatoms. The van der Waals surface area contributed by atoms with Crippen molar-refractivity contribution in [3.8, 4) is 11.5 Å². The van der Waals surface area contributed by atoms with Crippen LogP contribution >= 0.6 is 0 Å². The summed E-state index contributed by atoms with van der Waals surface area (Å²) in [5.74, 6) is 1.58. The molecule has 0 fully saturated rings. The summed E-state index contributed by atoms with van der Waals surface area (Å²) >= 11 is 0. The SMILES string of the molecule is COc1ccc(CC(=O)N[C@H](C)COc2ccc(C)cc2)cc1. The van der Waals surface area contributed by atoms with E-state index in [-0.39, 0.29) is 11.9 Å². The third-order valence-electron chi connectivity index (χ3n) is 3.45. The molecule has 23 heavy (non-hydrogen) atoms. The molecule has 0 bridgehead atoms. The Bertz CT molecular complexity index is 620. The van der Waals surface area contributed by atoms with Crippen molar-refractivity contribution in [2.75, 3.05) is 13.7 Å². The smallest absolute Gasteiger partial charge is 0.224 e. The van der Waals surface area contributed by atoms with Crippen molar-refractivity contribution in [1.29, 1.82) is 0 Å². The molecule has 0 aliphatic heterocycles. The summed E-state index contributed by atoms with van der Waals surface area (Å²) in [5.41, 5.74) is 2.15. The maximum absolute atomic E-state index is 12.0. The molecule has 0 unspecified atom stereocenters. The molecule has 0 aromatic heterocycles. The lowest BCUT2D eigenvalue weighted by Gasteiger charge is -2.15. The molecule has 0 aliphatic rings. The number of nitrogens with one attached hydrogen (secondary N) is 1. The molecule has 0 saturated heterocycles. The Balaban J connectivity index is 1.76. The lowest BCUT2D eigenvalue weighted by atomic mass is 10.1. The lowest BCUT2D eigenvalue weighted by molar-refractivity contribution is -0.121. The van der Waals surface area contributed by atoms with E-state index in [0.29, 0.717) is 13.0 Å². The summed E-state index contributed by atoms with van der Waals surface area (Å²) < 4.78 is 10.8. The van der Waals surface area contributed by atoms with Crippen molar-refractivity contribution in [2.45, 2.75) is 26.3 Å². The minimum absolute atomic E-state index is 0.0184. The van der Waals surface area contributed by atoms with Crippen LogP contribution in [0.4, 0.5) is 0 Å². The van der Waals surface area contributed by atoms with Crippen LogP contribution in [0.15, 0.2) is 48.5 Å². The van der Waals surface area contributed by atoms with Crippen molar-refractivity contribution >= 4 is 5.91 Å². The number of carbonyl (C=O) groups is 1. The van der Waals surface area contributed by atoms with Crippen molar-refractivity contribution in [2.24, 2.45) is 0 Å². The predicted molar refractivity (Wildman–Crippen MR) is 91.0 cm³/mol. The van der Waals surface area contributed by atoms with Crippen molar-refractivity contribution in [3.63, 3.8) is 0 Å². The highest BCUT2D eigenvalue weighted by molar-refractivity contribution is 5.78. The van der Waals surface area contributed by atoms with Gasteiger partial charge in [0.15, 0.2) is 0 Å². The first kappa shape index (κ1) is 16.9. The van der Waals surface area contributed by atoms with Gasteiger partial charge in [-0.2, -0.15) is 0 Å². The maximum Gasteiger partial charge on any atom is 0.224 e. The second kappa shape index (κ2) is 8.22. The van der Waals surface area contributed by atoms with Crippen LogP contribution in [0.2, 0.25) is 0 Å². The van der Waals surface area contributed by atoms with E-state index >= 15 is 0 Å². The van der Waals surface area contributed by atoms with Gasteiger partial charge in [0.05, 0.1) is 19.6 Å². The molecule has 0 radical (unpaired) electrons. The molecular weight excluding hydrogens is 290 g/mol. The largest absolute Gasteiger partial charge is 0.497 e. The third kappa shape index (κ3) is 5.66. The first-order valence-electron chi connectivity index (χ1n) is 7.68. The van der Waals surface area contributed by atoms with Gasteiger partial charge in [-0.25, -0.2) is 0 Å². The summed E-state index contributed by atoms with van der Waals surface area (Å²) in [7, 11) is 1.62. The van der Waals surface area contributed by atoms with E-state index in [0.717, 1.165) is 17.1 Å². The Morgan fingerprint density at radius 3 is 2.26 bits per heavy atom. The topological polar surface area (TPSA) is 47.6 Å². The molecule has 4 nitrogen and oxygen atoms in total. The molecule has 0 saturated carbocycles. The van der Waals surface area contributed by atoms with Gasteiger partial charge in [0.1, 0.15) is 18.1 Å². The summed E-state index contributed by atoms with van der Waals surface area (Å²) in [4.78, 5) is 12.0. The molecule has 2 aromatic carbocycles. The zero-order chi connectivity index (χ0) is 16.7. The van der Waals surface area contributed by atoms with Crippen LogP contribution in [0.3, 0.4) is 0 Å². The summed E-state index contributed by atoms with van der Waals surface area (Å²) in [6.07, 6.45) is 0.346. The van der Waals surface area contributed by atoms with Crippen LogP contribution in [0.5, 0.6) is 11.5 Å². The van der Waals surface area contributed by atoms with Gasteiger partial charge in [-0.3, -0.25) is 4.79 Å². The molecule has 0 aliphatic carbocycles. The van der Waals surface area contributed by atoms with E-state index in [2.05, 4.69) is 5.32 Å². The normalized spacial score (nSPS) is 11.6. The van der Waals surface area contributed by atoms with E-state index in [4.69, 9.17) is 9.47 Å². The van der Waals surface area contributed by atoms with Gasteiger partial charge < -0.3 is 14.8 Å². The molecule has 1 N–H and O–H groups in total. The first-order valence-corrected chi connectivity index (χ1v) is 7.68. The molecule has 1 amide bonds. The molecule has 1 atom stereocenters. The molecular formula is C19H23NO3. The van der Waals surface area contributed by atoms with Crippen molar-refractivity contribution < 1.29 is 14.3 Å². The summed E-state index contributed by atoms with van der Waals surface area (Å²) in [6.45, 7) is 4.41. The van der Waals surface area contributed by atoms with E-state index in [1.54, 1.807) is 7.11 Å². The number of amides is 1. The Kier molecular flexibility index (Phi) is 6.03. The van der Waals surface area contributed by atoms with E-state index in [1.165, 1.54) is 5.56 Å². The highest BCUT2D eigenvalue weighted by atomic mass is 16.5. The average Bonchev–Trinajstić information content (AvgIpc) is 2.55. The molecule has 122 valence electrons. The number of carbonyl (C=O) groups excluding carboxylic acids is 1. The van der Waals surface area contributed by atoms with Crippen LogP contribution in [-0.2, 0) is 11.2 Å². The summed E-state index contributed by atoms with van der Waals surface area (Å²) in [6, 6.07) is 15.3. The number of aryl methyl sites for hydroxylation is 1. The molecule has 0 spiro atoms. The Labute approximate surface area is 137 Å². The fourth-order valence-corrected chi connectivity index (χ4v) is 2.15. The zero-order valence-corrected chi connectivity index (χ0v) is 13.8. The van der Waals surface area contributed by atoms with Crippen LogP contribution < -0.4 is 14.8 Å². The third-order valence-corrected chi connectivity index (χ3v) is 3.45. The maximum atomic E-state index is 12.0. The molecule has 0 heterocycles. The Morgan fingerprint density at radius 2 is 1.65 bits per heavy atom. The number of ether oxygens (including phenoxy) is 2. The monoisotopic (exact) mass is 313 g/mol. The van der Waals surface area contributed by atoms with E-state index < -0.39 is 0 Å². The number of hydrogen-bond acceptors (Lipinski definition) is 3. The fourth-order valence-electron chi connectivity index (χ4n) is 2.15. The van der Waals surface area contributed by atoms with E-state index in [1.807, 2.05) is 62.4 Å². The highest BCUT2D eigenvalue weighted by Gasteiger charge is 2.09.